The number of likely N-dealkylation sites (N-methyl/N-ethyl adjacent to an activating group) is 1. The van der Waals surface area contributed by atoms with Crippen LogP contribution in [-0.2, 0) is 0 Å². The van der Waals surface area contributed by atoms with E-state index in [1.54, 1.807) is 0 Å². The smallest absolute Gasteiger partial charge is 0.0718 e. The van der Waals surface area contributed by atoms with Gasteiger partial charge in [-0.3, -0.25) is 0 Å². The highest BCUT2D eigenvalue weighted by molar-refractivity contribution is 4.88. The van der Waals surface area contributed by atoms with Crippen molar-refractivity contribution >= 4 is 0 Å². The average molecular weight is 256 g/mol. The van der Waals surface area contributed by atoms with E-state index in [0.29, 0.717) is 5.41 Å². The van der Waals surface area contributed by atoms with Crippen LogP contribution < -0.4 is 5.32 Å². The van der Waals surface area contributed by atoms with E-state index in [2.05, 4.69) is 24.2 Å². The molecule has 0 amide bonds. The molecule has 0 aromatic rings. The molecule has 1 fully saturated rings. The summed E-state index contributed by atoms with van der Waals surface area (Å²) >= 11 is 0. The first kappa shape index (κ1) is 15.9. The summed E-state index contributed by atoms with van der Waals surface area (Å²) < 4.78 is 0. The summed E-state index contributed by atoms with van der Waals surface area (Å²) in [5.74, 6) is 0. The molecule has 0 aliphatic heterocycles. The van der Waals surface area contributed by atoms with Crippen molar-refractivity contribution in [2.75, 3.05) is 33.2 Å². The number of nitrogens with zero attached hydrogens (tertiary/aromatic N) is 1. The Morgan fingerprint density at radius 3 is 2.28 bits per heavy atom. The maximum absolute atomic E-state index is 10.0. The van der Waals surface area contributed by atoms with E-state index in [0.717, 1.165) is 26.2 Å². The van der Waals surface area contributed by atoms with Crippen LogP contribution in [0, 0.1) is 5.41 Å². The zero-order valence-corrected chi connectivity index (χ0v) is 12.8. The molecule has 0 saturated heterocycles. The maximum atomic E-state index is 10.0. The fourth-order valence-electron chi connectivity index (χ4n) is 3.37. The van der Waals surface area contributed by atoms with Crippen molar-refractivity contribution in [2.45, 2.75) is 58.5 Å². The number of nitrogens with one attached hydrogen (secondary N) is 1. The molecule has 1 saturated carbocycles. The molecule has 1 aliphatic rings. The SMILES string of the molecule is CCN(CC(C)(C)O)CC1(CNC)CCCCC1. The van der Waals surface area contributed by atoms with Crippen molar-refractivity contribution in [3.63, 3.8) is 0 Å². The Labute approximate surface area is 113 Å². The summed E-state index contributed by atoms with van der Waals surface area (Å²) in [6.07, 6.45) is 6.78. The summed E-state index contributed by atoms with van der Waals surface area (Å²) in [5, 5.41) is 13.4. The van der Waals surface area contributed by atoms with E-state index in [1.165, 1.54) is 32.1 Å². The van der Waals surface area contributed by atoms with Gasteiger partial charge < -0.3 is 15.3 Å². The van der Waals surface area contributed by atoms with Crippen LogP contribution in [0.25, 0.3) is 0 Å². The Kier molecular flexibility index (Phi) is 6.09. The zero-order valence-electron chi connectivity index (χ0n) is 12.8. The van der Waals surface area contributed by atoms with Crippen molar-refractivity contribution in [3.8, 4) is 0 Å². The van der Waals surface area contributed by atoms with Gasteiger partial charge in [0.1, 0.15) is 0 Å². The minimum atomic E-state index is -0.592. The third-order valence-corrected chi connectivity index (χ3v) is 4.08. The molecule has 1 aliphatic carbocycles. The highest BCUT2D eigenvalue weighted by Crippen LogP contribution is 2.36. The van der Waals surface area contributed by atoms with Gasteiger partial charge in [-0.2, -0.15) is 0 Å². The number of aliphatic hydroxyl groups is 1. The first-order valence-corrected chi connectivity index (χ1v) is 7.50. The second-order valence-electron chi connectivity index (χ2n) is 6.71. The number of hydrogen-bond donors (Lipinski definition) is 2. The molecule has 0 radical (unpaired) electrons. The summed E-state index contributed by atoms with van der Waals surface area (Å²) in [4.78, 5) is 2.42. The monoisotopic (exact) mass is 256 g/mol. The molecule has 3 nitrogen and oxygen atoms in total. The van der Waals surface area contributed by atoms with Gasteiger partial charge in [-0.25, -0.2) is 0 Å². The predicted octanol–water partition coefficient (Wildman–Crippen LogP) is 2.25. The van der Waals surface area contributed by atoms with Gasteiger partial charge in [-0.15, -0.1) is 0 Å². The van der Waals surface area contributed by atoms with Crippen molar-refractivity contribution < 1.29 is 5.11 Å². The average Bonchev–Trinajstić information content (AvgIpc) is 2.28. The summed E-state index contributed by atoms with van der Waals surface area (Å²) in [6.45, 7) is 10.0. The van der Waals surface area contributed by atoms with Gasteiger partial charge in [-0.1, -0.05) is 26.2 Å². The third kappa shape index (κ3) is 5.25. The molecule has 0 aromatic carbocycles. The van der Waals surface area contributed by atoms with Crippen LogP contribution in [0.3, 0.4) is 0 Å². The van der Waals surface area contributed by atoms with Crippen molar-refractivity contribution in [2.24, 2.45) is 5.41 Å². The lowest BCUT2D eigenvalue weighted by atomic mass is 9.73. The second-order valence-corrected chi connectivity index (χ2v) is 6.71. The van der Waals surface area contributed by atoms with Gasteiger partial charge in [0.15, 0.2) is 0 Å². The summed E-state index contributed by atoms with van der Waals surface area (Å²) in [5.41, 5.74) is -0.167. The number of rotatable bonds is 7. The Balaban J connectivity index is 2.62. The Morgan fingerprint density at radius 1 is 1.22 bits per heavy atom. The van der Waals surface area contributed by atoms with Gasteiger partial charge in [0, 0.05) is 19.6 Å². The molecule has 0 heterocycles. The van der Waals surface area contributed by atoms with E-state index < -0.39 is 5.60 Å². The van der Waals surface area contributed by atoms with Crippen molar-refractivity contribution in [1.29, 1.82) is 0 Å². The highest BCUT2D eigenvalue weighted by Gasteiger charge is 2.33. The lowest BCUT2D eigenvalue weighted by Crippen LogP contribution is -2.48. The first-order chi connectivity index (χ1) is 8.41. The predicted molar refractivity (Wildman–Crippen MR) is 77.9 cm³/mol. The maximum Gasteiger partial charge on any atom is 0.0718 e. The molecular weight excluding hydrogens is 224 g/mol. The van der Waals surface area contributed by atoms with Gasteiger partial charge >= 0.3 is 0 Å². The Bertz CT molecular complexity index is 224. The second kappa shape index (κ2) is 6.88. The van der Waals surface area contributed by atoms with Crippen LogP contribution >= 0.6 is 0 Å². The minimum absolute atomic E-state index is 0.425. The standard InChI is InChI=1S/C15H32N2O/c1-5-17(12-14(2,3)18)13-15(11-16-4)9-7-6-8-10-15/h16,18H,5-13H2,1-4H3. The van der Waals surface area contributed by atoms with Crippen LogP contribution in [0.4, 0.5) is 0 Å². The summed E-state index contributed by atoms with van der Waals surface area (Å²) in [6, 6.07) is 0. The van der Waals surface area contributed by atoms with Gasteiger partial charge in [0.25, 0.3) is 0 Å². The molecule has 0 bridgehead atoms. The lowest BCUT2D eigenvalue weighted by Gasteiger charge is -2.42. The van der Waals surface area contributed by atoms with Crippen LogP contribution in [-0.4, -0.2) is 48.8 Å². The van der Waals surface area contributed by atoms with Crippen molar-refractivity contribution in [3.05, 3.63) is 0 Å². The third-order valence-electron chi connectivity index (χ3n) is 4.08. The molecule has 0 unspecified atom stereocenters. The molecule has 0 aromatic heterocycles. The largest absolute Gasteiger partial charge is 0.389 e. The Morgan fingerprint density at radius 2 is 1.83 bits per heavy atom. The van der Waals surface area contributed by atoms with E-state index in [9.17, 15) is 5.11 Å². The normalized spacial score (nSPS) is 20.3. The highest BCUT2D eigenvalue weighted by atomic mass is 16.3. The van der Waals surface area contributed by atoms with E-state index in [4.69, 9.17) is 0 Å². The molecule has 2 N–H and O–H groups in total. The topological polar surface area (TPSA) is 35.5 Å². The molecule has 18 heavy (non-hydrogen) atoms. The molecule has 108 valence electrons. The quantitative estimate of drug-likeness (QED) is 0.733. The first-order valence-electron chi connectivity index (χ1n) is 7.50. The molecular formula is C15H32N2O. The van der Waals surface area contributed by atoms with Gasteiger partial charge in [0.2, 0.25) is 0 Å². The Hall–Kier alpha value is -0.120. The van der Waals surface area contributed by atoms with Crippen LogP contribution in [0.15, 0.2) is 0 Å². The van der Waals surface area contributed by atoms with Crippen LogP contribution in [0.1, 0.15) is 52.9 Å². The molecule has 0 spiro atoms. The molecule has 3 heteroatoms. The van der Waals surface area contributed by atoms with Crippen LogP contribution in [0.2, 0.25) is 0 Å². The fraction of sp³-hybridized carbons (Fsp3) is 1.00. The molecule has 1 rings (SSSR count). The lowest BCUT2D eigenvalue weighted by molar-refractivity contribution is 0.0148. The number of hydrogen-bond acceptors (Lipinski definition) is 3. The van der Waals surface area contributed by atoms with Crippen molar-refractivity contribution in [1.82, 2.24) is 10.2 Å². The van der Waals surface area contributed by atoms with Crippen LogP contribution in [0.5, 0.6) is 0 Å². The molecule has 0 atom stereocenters. The van der Waals surface area contributed by atoms with Gasteiger partial charge in [-0.05, 0) is 45.7 Å². The van der Waals surface area contributed by atoms with E-state index >= 15 is 0 Å². The summed E-state index contributed by atoms with van der Waals surface area (Å²) in [7, 11) is 2.06. The van der Waals surface area contributed by atoms with E-state index in [-0.39, 0.29) is 0 Å². The van der Waals surface area contributed by atoms with E-state index in [1.807, 2.05) is 13.8 Å². The minimum Gasteiger partial charge on any atom is -0.389 e. The van der Waals surface area contributed by atoms with Gasteiger partial charge in [0.05, 0.1) is 5.60 Å². The fourth-order valence-corrected chi connectivity index (χ4v) is 3.37. The zero-order chi connectivity index (χ0) is 13.6.